The molecule has 0 N–H and O–H groups in total. The molecule has 2 heterocycles. The maximum atomic E-state index is 11.7. The Balaban J connectivity index is 2.47. The van der Waals surface area contributed by atoms with Crippen molar-refractivity contribution in [3.63, 3.8) is 0 Å². The summed E-state index contributed by atoms with van der Waals surface area (Å²) in [6.07, 6.45) is 2.87. The van der Waals surface area contributed by atoms with Crippen LogP contribution in [0.1, 0.15) is 23.0 Å². The van der Waals surface area contributed by atoms with Gasteiger partial charge in [-0.15, -0.1) is 0 Å². The Hall–Kier alpha value is -1.84. The van der Waals surface area contributed by atoms with E-state index >= 15 is 0 Å². The average Bonchev–Trinajstić information content (AvgIpc) is 2.69. The molecule has 4 heteroatoms. The van der Waals surface area contributed by atoms with Gasteiger partial charge in [-0.2, -0.15) is 5.10 Å². The highest BCUT2D eigenvalue weighted by Gasteiger charge is 2.12. The summed E-state index contributed by atoms with van der Waals surface area (Å²) in [5.74, 6) is -0.0678. The van der Waals surface area contributed by atoms with Crippen LogP contribution in [0.5, 0.6) is 0 Å². The molecule has 1 amide bonds. The number of aromatic nitrogens is 2. The third kappa shape index (κ3) is 1.78. The van der Waals surface area contributed by atoms with Crippen LogP contribution in [0.25, 0.3) is 5.52 Å². The van der Waals surface area contributed by atoms with E-state index in [4.69, 9.17) is 0 Å². The van der Waals surface area contributed by atoms with E-state index in [-0.39, 0.29) is 5.91 Å². The SMILES string of the molecule is CCc1ccn2nc(C(=O)N(C)C)cc2c1. The highest BCUT2D eigenvalue weighted by molar-refractivity contribution is 5.93. The molecule has 2 aromatic rings. The molecule has 0 fully saturated rings. The van der Waals surface area contributed by atoms with Crippen molar-refractivity contribution in [2.75, 3.05) is 14.1 Å². The minimum absolute atomic E-state index is 0.0678. The molecule has 0 bridgehead atoms. The maximum absolute atomic E-state index is 11.7. The standard InChI is InChI=1S/C12H15N3O/c1-4-9-5-6-15-10(7-9)8-11(13-15)12(16)14(2)3/h5-8H,4H2,1-3H3. The van der Waals surface area contributed by atoms with Gasteiger partial charge in [-0.1, -0.05) is 6.92 Å². The fourth-order valence-corrected chi connectivity index (χ4v) is 1.59. The van der Waals surface area contributed by atoms with E-state index in [0.717, 1.165) is 11.9 Å². The molecule has 0 aliphatic carbocycles. The number of amides is 1. The van der Waals surface area contributed by atoms with Crippen LogP contribution in [0, 0.1) is 0 Å². The predicted octanol–water partition coefficient (Wildman–Crippen LogP) is 1.60. The summed E-state index contributed by atoms with van der Waals surface area (Å²) in [6, 6.07) is 5.89. The number of hydrogen-bond acceptors (Lipinski definition) is 2. The van der Waals surface area contributed by atoms with Gasteiger partial charge >= 0.3 is 0 Å². The second-order valence-electron chi connectivity index (χ2n) is 3.99. The van der Waals surface area contributed by atoms with Gasteiger partial charge in [0.1, 0.15) is 0 Å². The number of fused-ring (bicyclic) bond motifs is 1. The van der Waals surface area contributed by atoms with Crippen molar-refractivity contribution in [2.45, 2.75) is 13.3 Å². The topological polar surface area (TPSA) is 37.6 Å². The van der Waals surface area contributed by atoms with Crippen molar-refractivity contribution in [1.82, 2.24) is 14.5 Å². The van der Waals surface area contributed by atoms with Gasteiger partial charge in [-0.05, 0) is 30.2 Å². The second kappa shape index (κ2) is 3.96. The van der Waals surface area contributed by atoms with E-state index in [1.165, 1.54) is 10.5 Å². The van der Waals surface area contributed by atoms with Gasteiger partial charge < -0.3 is 4.90 Å². The number of aryl methyl sites for hydroxylation is 1. The highest BCUT2D eigenvalue weighted by Crippen LogP contribution is 2.10. The first-order valence-corrected chi connectivity index (χ1v) is 5.31. The zero-order valence-corrected chi connectivity index (χ0v) is 9.77. The summed E-state index contributed by atoms with van der Waals surface area (Å²) in [6.45, 7) is 2.11. The zero-order chi connectivity index (χ0) is 11.7. The second-order valence-corrected chi connectivity index (χ2v) is 3.99. The van der Waals surface area contributed by atoms with Crippen LogP contribution in [0.15, 0.2) is 24.4 Å². The lowest BCUT2D eigenvalue weighted by Crippen LogP contribution is -2.22. The molecule has 2 aromatic heterocycles. The summed E-state index contributed by atoms with van der Waals surface area (Å²) in [5.41, 5.74) is 2.69. The lowest BCUT2D eigenvalue weighted by Gasteiger charge is -2.06. The summed E-state index contributed by atoms with van der Waals surface area (Å²) in [7, 11) is 3.45. The largest absolute Gasteiger partial charge is 0.343 e. The van der Waals surface area contributed by atoms with E-state index in [1.807, 2.05) is 18.3 Å². The summed E-state index contributed by atoms with van der Waals surface area (Å²) >= 11 is 0. The molecule has 0 saturated heterocycles. The normalized spacial score (nSPS) is 10.7. The summed E-state index contributed by atoms with van der Waals surface area (Å²) in [5, 5.41) is 4.23. The first-order chi connectivity index (χ1) is 7.61. The Morgan fingerprint density at radius 1 is 1.44 bits per heavy atom. The molecule has 0 unspecified atom stereocenters. The third-order valence-electron chi connectivity index (χ3n) is 2.56. The molecule has 0 aliphatic heterocycles. The molecule has 0 atom stereocenters. The van der Waals surface area contributed by atoms with Gasteiger partial charge in [0, 0.05) is 20.3 Å². The molecule has 4 nitrogen and oxygen atoms in total. The molecule has 16 heavy (non-hydrogen) atoms. The Morgan fingerprint density at radius 2 is 2.19 bits per heavy atom. The highest BCUT2D eigenvalue weighted by atomic mass is 16.2. The van der Waals surface area contributed by atoms with E-state index < -0.39 is 0 Å². The van der Waals surface area contributed by atoms with Crippen LogP contribution in [0.3, 0.4) is 0 Å². The molecule has 0 saturated carbocycles. The van der Waals surface area contributed by atoms with E-state index in [1.54, 1.807) is 18.6 Å². The van der Waals surface area contributed by atoms with Crippen molar-refractivity contribution in [1.29, 1.82) is 0 Å². The van der Waals surface area contributed by atoms with Crippen molar-refractivity contribution in [2.24, 2.45) is 0 Å². The maximum Gasteiger partial charge on any atom is 0.273 e. The fourth-order valence-electron chi connectivity index (χ4n) is 1.59. The zero-order valence-electron chi connectivity index (χ0n) is 9.77. The number of hydrogen-bond donors (Lipinski definition) is 0. The van der Waals surface area contributed by atoms with Crippen LogP contribution < -0.4 is 0 Å². The van der Waals surface area contributed by atoms with Gasteiger partial charge in [0.2, 0.25) is 0 Å². The van der Waals surface area contributed by atoms with E-state index in [0.29, 0.717) is 5.69 Å². The number of carbonyl (C=O) groups excluding carboxylic acids is 1. The smallest absolute Gasteiger partial charge is 0.273 e. The van der Waals surface area contributed by atoms with Crippen molar-refractivity contribution < 1.29 is 4.79 Å². The quantitative estimate of drug-likeness (QED) is 0.766. The minimum Gasteiger partial charge on any atom is -0.343 e. The predicted molar refractivity (Wildman–Crippen MR) is 62.6 cm³/mol. The average molecular weight is 217 g/mol. The van der Waals surface area contributed by atoms with Gasteiger partial charge in [-0.3, -0.25) is 4.79 Å². The lowest BCUT2D eigenvalue weighted by molar-refractivity contribution is 0.0821. The summed E-state index contributed by atoms with van der Waals surface area (Å²) in [4.78, 5) is 13.2. The molecule has 84 valence electrons. The minimum atomic E-state index is -0.0678. The monoisotopic (exact) mass is 217 g/mol. The van der Waals surface area contributed by atoms with Crippen LogP contribution in [0.4, 0.5) is 0 Å². The fraction of sp³-hybridized carbons (Fsp3) is 0.333. The number of rotatable bonds is 2. The van der Waals surface area contributed by atoms with Crippen LogP contribution in [0.2, 0.25) is 0 Å². The molecule has 2 rings (SSSR count). The van der Waals surface area contributed by atoms with Crippen LogP contribution >= 0.6 is 0 Å². The molecule has 0 radical (unpaired) electrons. The molecule has 0 aromatic carbocycles. The molecular formula is C12H15N3O. The van der Waals surface area contributed by atoms with Gasteiger partial charge in [-0.25, -0.2) is 4.52 Å². The molecule has 0 spiro atoms. The Kier molecular flexibility index (Phi) is 2.64. The van der Waals surface area contributed by atoms with Crippen LogP contribution in [-0.2, 0) is 6.42 Å². The number of carbonyl (C=O) groups is 1. The third-order valence-corrected chi connectivity index (χ3v) is 2.56. The first kappa shape index (κ1) is 10.7. The van der Waals surface area contributed by atoms with E-state index in [9.17, 15) is 4.79 Å². The van der Waals surface area contributed by atoms with Gasteiger partial charge in [0.25, 0.3) is 5.91 Å². The number of pyridine rings is 1. The lowest BCUT2D eigenvalue weighted by atomic mass is 10.2. The molecular weight excluding hydrogens is 202 g/mol. The number of nitrogens with zero attached hydrogens (tertiary/aromatic N) is 3. The molecule has 0 aliphatic rings. The van der Waals surface area contributed by atoms with Gasteiger partial charge in [0.15, 0.2) is 5.69 Å². The van der Waals surface area contributed by atoms with Crippen LogP contribution in [-0.4, -0.2) is 34.5 Å². The Morgan fingerprint density at radius 3 is 2.81 bits per heavy atom. The van der Waals surface area contributed by atoms with Gasteiger partial charge in [0.05, 0.1) is 5.52 Å². The Labute approximate surface area is 94.5 Å². The Bertz CT molecular complexity index is 528. The van der Waals surface area contributed by atoms with E-state index in [2.05, 4.69) is 18.1 Å². The first-order valence-electron chi connectivity index (χ1n) is 5.31. The summed E-state index contributed by atoms with van der Waals surface area (Å²) < 4.78 is 1.73. The van der Waals surface area contributed by atoms with Crippen molar-refractivity contribution >= 4 is 11.4 Å². The van der Waals surface area contributed by atoms with Crippen molar-refractivity contribution in [3.8, 4) is 0 Å². The van der Waals surface area contributed by atoms with Crippen molar-refractivity contribution in [3.05, 3.63) is 35.7 Å².